The van der Waals surface area contributed by atoms with Gasteiger partial charge in [0.15, 0.2) is 6.10 Å². The molecular weight excluding hydrogens is 268 g/mol. The number of amides is 1. The minimum atomic E-state index is -0.480. The third-order valence-electron chi connectivity index (χ3n) is 3.53. The van der Waals surface area contributed by atoms with E-state index in [1.165, 1.54) is 0 Å². The number of nitrogens with zero attached hydrogens (tertiary/aromatic N) is 2. The van der Waals surface area contributed by atoms with Gasteiger partial charge >= 0.3 is 0 Å². The standard InChI is InChI=1S/C15H18N4O2/c1-19-9-14(21-13-5-3-2-4-12(13)19)15(20)17-7-6-11-8-16-10-18-11/h2-5,8,10,14H,6-7,9H2,1H3,(H,16,18)(H,17,20)/t14-/m1/s1. The minimum absolute atomic E-state index is 0.0872. The van der Waals surface area contributed by atoms with Crippen LogP contribution in [-0.4, -0.2) is 42.1 Å². The highest BCUT2D eigenvalue weighted by Crippen LogP contribution is 2.31. The molecule has 0 aliphatic carbocycles. The van der Waals surface area contributed by atoms with Gasteiger partial charge in [-0.3, -0.25) is 4.79 Å². The fourth-order valence-corrected chi connectivity index (χ4v) is 2.40. The van der Waals surface area contributed by atoms with Crippen LogP contribution in [0.1, 0.15) is 5.69 Å². The highest BCUT2D eigenvalue weighted by Gasteiger charge is 2.28. The van der Waals surface area contributed by atoms with Crippen molar-refractivity contribution in [2.45, 2.75) is 12.5 Å². The lowest BCUT2D eigenvalue weighted by atomic mass is 10.2. The van der Waals surface area contributed by atoms with E-state index in [1.54, 1.807) is 12.5 Å². The third-order valence-corrected chi connectivity index (χ3v) is 3.53. The lowest BCUT2D eigenvalue weighted by Crippen LogP contribution is -2.48. The topological polar surface area (TPSA) is 70.2 Å². The second kappa shape index (κ2) is 5.87. The van der Waals surface area contributed by atoms with Gasteiger partial charge < -0.3 is 19.9 Å². The van der Waals surface area contributed by atoms with Crippen molar-refractivity contribution in [3.05, 3.63) is 42.5 Å². The molecule has 1 amide bonds. The maximum atomic E-state index is 12.2. The van der Waals surface area contributed by atoms with Gasteiger partial charge in [0.1, 0.15) is 5.75 Å². The summed E-state index contributed by atoms with van der Waals surface area (Å²) < 4.78 is 5.78. The summed E-state index contributed by atoms with van der Waals surface area (Å²) in [6, 6.07) is 7.74. The first-order valence-corrected chi connectivity index (χ1v) is 6.96. The molecule has 110 valence electrons. The molecular formula is C15H18N4O2. The van der Waals surface area contributed by atoms with Gasteiger partial charge in [-0.05, 0) is 12.1 Å². The number of carbonyl (C=O) groups excluding carboxylic acids is 1. The number of aromatic nitrogens is 2. The van der Waals surface area contributed by atoms with Gasteiger partial charge in [-0.25, -0.2) is 4.98 Å². The van der Waals surface area contributed by atoms with Crippen molar-refractivity contribution < 1.29 is 9.53 Å². The summed E-state index contributed by atoms with van der Waals surface area (Å²) in [5.41, 5.74) is 2.02. The van der Waals surface area contributed by atoms with Crippen molar-refractivity contribution in [1.29, 1.82) is 0 Å². The second-order valence-electron chi connectivity index (χ2n) is 5.07. The Kier molecular flexibility index (Phi) is 3.77. The fourth-order valence-electron chi connectivity index (χ4n) is 2.40. The van der Waals surface area contributed by atoms with Gasteiger partial charge in [0.25, 0.3) is 5.91 Å². The number of likely N-dealkylation sites (N-methyl/N-ethyl adjacent to an activating group) is 1. The summed E-state index contributed by atoms with van der Waals surface area (Å²) >= 11 is 0. The maximum Gasteiger partial charge on any atom is 0.262 e. The molecule has 6 nitrogen and oxygen atoms in total. The zero-order valence-electron chi connectivity index (χ0n) is 11.9. The zero-order chi connectivity index (χ0) is 14.7. The number of aromatic amines is 1. The van der Waals surface area contributed by atoms with Crippen LogP contribution in [0, 0.1) is 0 Å². The van der Waals surface area contributed by atoms with Crippen LogP contribution in [0.15, 0.2) is 36.8 Å². The molecule has 0 saturated heterocycles. The Morgan fingerprint density at radius 1 is 1.52 bits per heavy atom. The fraction of sp³-hybridized carbons (Fsp3) is 0.333. The predicted octanol–water partition coefficient (Wildman–Crippen LogP) is 0.966. The summed E-state index contributed by atoms with van der Waals surface area (Å²) in [5, 5.41) is 2.90. The summed E-state index contributed by atoms with van der Waals surface area (Å²) in [5.74, 6) is 0.663. The van der Waals surface area contributed by atoms with Crippen molar-refractivity contribution >= 4 is 11.6 Å². The Balaban J connectivity index is 1.56. The minimum Gasteiger partial charge on any atom is -0.477 e. The molecule has 0 saturated carbocycles. The van der Waals surface area contributed by atoms with Crippen LogP contribution in [-0.2, 0) is 11.2 Å². The Morgan fingerprint density at radius 3 is 3.19 bits per heavy atom. The normalized spacial score (nSPS) is 17.0. The van der Waals surface area contributed by atoms with Crippen LogP contribution in [0.4, 0.5) is 5.69 Å². The smallest absolute Gasteiger partial charge is 0.262 e. The first kappa shape index (κ1) is 13.5. The van der Waals surface area contributed by atoms with E-state index < -0.39 is 6.10 Å². The van der Waals surface area contributed by atoms with Crippen molar-refractivity contribution in [3.63, 3.8) is 0 Å². The van der Waals surface area contributed by atoms with Gasteiger partial charge in [0.2, 0.25) is 0 Å². The quantitative estimate of drug-likeness (QED) is 0.878. The number of nitrogens with one attached hydrogen (secondary N) is 2. The number of anilines is 1. The predicted molar refractivity (Wildman–Crippen MR) is 79.4 cm³/mol. The number of rotatable bonds is 4. The number of hydrogen-bond donors (Lipinski definition) is 2. The lowest BCUT2D eigenvalue weighted by Gasteiger charge is -2.32. The molecule has 2 aromatic rings. The molecule has 6 heteroatoms. The molecule has 1 aliphatic rings. The summed E-state index contributed by atoms with van der Waals surface area (Å²) in [4.78, 5) is 21.2. The van der Waals surface area contributed by atoms with E-state index in [9.17, 15) is 4.79 Å². The van der Waals surface area contributed by atoms with Crippen LogP contribution < -0.4 is 15.0 Å². The molecule has 2 N–H and O–H groups in total. The van der Waals surface area contributed by atoms with Crippen molar-refractivity contribution in [1.82, 2.24) is 15.3 Å². The van der Waals surface area contributed by atoms with Gasteiger partial charge in [-0.1, -0.05) is 12.1 Å². The Hall–Kier alpha value is -2.50. The summed E-state index contributed by atoms with van der Waals surface area (Å²) in [6.45, 7) is 1.11. The number of imidazole rings is 1. The molecule has 0 radical (unpaired) electrons. The van der Waals surface area contributed by atoms with Crippen LogP contribution in [0.2, 0.25) is 0 Å². The number of ether oxygens (including phenoxy) is 1. The average Bonchev–Trinajstić information content (AvgIpc) is 3.00. The second-order valence-corrected chi connectivity index (χ2v) is 5.07. The number of carbonyl (C=O) groups is 1. The number of fused-ring (bicyclic) bond motifs is 1. The first-order chi connectivity index (χ1) is 10.2. The van der Waals surface area contributed by atoms with E-state index in [0.717, 1.165) is 23.6 Å². The van der Waals surface area contributed by atoms with E-state index in [1.807, 2.05) is 36.2 Å². The maximum absolute atomic E-state index is 12.2. The van der Waals surface area contributed by atoms with Gasteiger partial charge in [0.05, 0.1) is 18.6 Å². The number of H-pyrrole nitrogens is 1. The van der Waals surface area contributed by atoms with Crippen LogP contribution in [0.3, 0.4) is 0 Å². The lowest BCUT2D eigenvalue weighted by molar-refractivity contribution is -0.127. The number of para-hydroxylation sites is 2. The van der Waals surface area contributed by atoms with Crippen LogP contribution >= 0.6 is 0 Å². The zero-order valence-corrected chi connectivity index (χ0v) is 11.9. The van der Waals surface area contributed by atoms with Crippen molar-refractivity contribution in [2.75, 3.05) is 25.0 Å². The van der Waals surface area contributed by atoms with Crippen LogP contribution in [0.5, 0.6) is 5.75 Å². The highest BCUT2D eigenvalue weighted by atomic mass is 16.5. The molecule has 1 aromatic carbocycles. The van der Waals surface area contributed by atoms with Gasteiger partial charge in [-0.15, -0.1) is 0 Å². The molecule has 1 atom stereocenters. The van der Waals surface area contributed by atoms with E-state index in [2.05, 4.69) is 15.3 Å². The van der Waals surface area contributed by atoms with Crippen molar-refractivity contribution in [3.8, 4) is 5.75 Å². The Bertz CT molecular complexity index is 612. The molecule has 1 aromatic heterocycles. The summed E-state index contributed by atoms with van der Waals surface area (Å²) in [6.07, 6.45) is 3.64. The Morgan fingerprint density at radius 2 is 2.38 bits per heavy atom. The largest absolute Gasteiger partial charge is 0.477 e. The Labute approximate surface area is 123 Å². The first-order valence-electron chi connectivity index (χ1n) is 6.96. The van der Waals surface area contributed by atoms with Crippen molar-refractivity contribution in [2.24, 2.45) is 0 Å². The van der Waals surface area contributed by atoms with E-state index in [0.29, 0.717) is 13.1 Å². The average molecular weight is 286 g/mol. The molecule has 0 spiro atoms. The van der Waals surface area contributed by atoms with Gasteiger partial charge in [-0.2, -0.15) is 0 Å². The number of benzene rings is 1. The van der Waals surface area contributed by atoms with Gasteiger partial charge in [0, 0.05) is 31.9 Å². The van der Waals surface area contributed by atoms with E-state index in [4.69, 9.17) is 4.74 Å². The highest BCUT2D eigenvalue weighted by molar-refractivity contribution is 5.83. The van der Waals surface area contributed by atoms with E-state index >= 15 is 0 Å². The number of hydrogen-bond acceptors (Lipinski definition) is 4. The summed E-state index contributed by atoms with van der Waals surface area (Å²) in [7, 11) is 1.96. The molecule has 1 aliphatic heterocycles. The van der Waals surface area contributed by atoms with Crippen LogP contribution in [0.25, 0.3) is 0 Å². The molecule has 3 rings (SSSR count). The molecule has 2 heterocycles. The third kappa shape index (κ3) is 2.99. The molecule has 21 heavy (non-hydrogen) atoms. The SMILES string of the molecule is CN1C[C@H](C(=O)NCCc2cnc[nH]2)Oc2ccccc21. The monoisotopic (exact) mass is 286 g/mol. The molecule has 0 bridgehead atoms. The van der Waals surface area contributed by atoms with E-state index in [-0.39, 0.29) is 5.91 Å². The molecule has 0 unspecified atom stereocenters. The molecule has 0 fully saturated rings.